The van der Waals surface area contributed by atoms with Crippen molar-refractivity contribution in [3.05, 3.63) is 53.3 Å². The molecule has 0 aromatic heterocycles. The molecule has 2 aromatic carbocycles. The van der Waals surface area contributed by atoms with Gasteiger partial charge in [-0.1, -0.05) is 6.07 Å². The van der Waals surface area contributed by atoms with Gasteiger partial charge in [0.15, 0.2) is 11.5 Å². The molecule has 2 aliphatic heterocycles. The Hall–Kier alpha value is -2.31. The second-order valence-electron chi connectivity index (χ2n) is 6.95. The van der Waals surface area contributed by atoms with Crippen LogP contribution in [0.15, 0.2) is 36.4 Å². The smallest absolute Gasteiger partial charge is 0.231 e. The summed E-state index contributed by atoms with van der Waals surface area (Å²) in [5.74, 6) is 1.96. The minimum Gasteiger partial charge on any atom is -0.497 e. The fraction of sp³-hybridized carbons (Fsp3) is 0.429. The van der Waals surface area contributed by atoms with Gasteiger partial charge in [-0.3, -0.25) is 4.90 Å². The number of ether oxygens (including phenoxy) is 4. The Bertz CT molecular complexity index is 792. The van der Waals surface area contributed by atoms with Gasteiger partial charge < -0.3 is 18.9 Å². The van der Waals surface area contributed by atoms with Crippen LogP contribution in [0.5, 0.6) is 17.2 Å². The molecule has 144 valence electrons. The highest BCUT2D eigenvalue weighted by Crippen LogP contribution is 2.33. The normalized spacial score (nSPS) is 18.3. The predicted octanol–water partition coefficient (Wildman–Crippen LogP) is 3.74. The molecule has 1 saturated heterocycles. The van der Waals surface area contributed by atoms with Crippen molar-refractivity contribution in [3.63, 3.8) is 0 Å². The third kappa shape index (κ3) is 4.34. The lowest BCUT2D eigenvalue weighted by molar-refractivity contribution is 0.0675. The maximum atomic E-state index is 14.3. The van der Waals surface area contributed by atoms with Crippen molar-refractivity contribution in [2.24, 2.45) is 0 Å². The third-order valence-electron chi connectivity index (χ3n) is 4.98. The summed E-state index contributed by atoms with van der Waals surface area (Å²) in [6.45, 7) is 2.97. The molecule has 2 heterocycles. The van der Waals surface area contributed by atoms with Gasteiger partial charge in [0.25, 0.3) is 0 Å². The summed E-state index contributed by atoms with van der Waals surface area (Å²) in [5.41, 5.74) is 1.72. The molecule has 1 atom stereocenters. The number of benzene rings is 2. The van der Waals surface area contributed by atoms with Crippen molar-refractivity contribution in [2.45, 2.75) is 32.0 Å². The van der Waals surface area contributed by atoms with Crippen molar-refractivity contribution in [2.75, 3.05) is 27.1 Å². The van der Waals surface area contributed by atoms with E-state index in [-0.39, 0.29) is 18.7 Å². The van der Waals surface area contributed by atoms with Crippen molar-refractivity contribution in [3.8, 4) is 17.2 Å². The largest absolute Gasteiger partial charge is 0.497 e. The minimum absolute atomic E-state index is 0.188. The first kappa shape index (κ1) is 18.1. The maximum absolute atomic E-state index is 14.3. The average molecular weight is 373 g/mol. The van der Waals surface area contributed by atoms with Crippen molar-refractivity contribution < 1.29 is 23.3 Å². The molecule has 0 spiro atoms. The summed E-state index contributed by atoms with van der Waals surface area (Å²) in [5, 5.41) is 0. The van der Waals surface area contributed by atoms with Crippen molar-refractivity contribution in [1.29, 1.82) is 0 Å². The van der Waals surface area contributed by atoms with E-state index in [1.165, 1.54) is 6.07 Å². The molecule has 1 unspecified atom stereocenters. The average Bonchev–Trinajstić information content (AvgIpc) is 3.34. The van der Waals surface area contributed by atoms with E-state index < -0.39 is 0 Å². The molecule has 0 aliphatic carbocycles. The topological polar surface area (TPSA) is 40.2 Å². The second kappa shape index (κ2) is 8.15. The summed E-state index contributed by atoms with van der Waals surface area (Å²) >= 11 is 0. The molecule has 1 fully saturated rings. The summed E-state index contributed by atoms with van der Waals surface area (Å²) in [6.07, 6.45) is 2.31. The molecule has 27 heavy (non-hydrogen) atoms. The highest BCUT2D eigenvalue weighted by Gasteiger charge is 2.22. The Kier molecular flexibility index (Phi) is 5.45. The molecule has 6 heteroatoms. The van der Waals surface area contributed by atoms with Gasteiger partial charge in [-0.25, -0.2) is 4.39 Å². The number of hydrogen-bond donors (Lipinski definition) is 0. The Morgan fingerprint density at radius 3 is 2.81 bits per heavy atom. The summed E-state index contributed by atoms with van der Waals surface area (Å²) in [4.78, 5) is 2.21. The molecule has 2 aliphatic rings. The Morgan fingerprint density at radius 2 is 2.00 bits per heavy atom. The van der Waals surface area contributed by atoms with Crippen molar-refractivity contribution >= 4 is 0 Å². The standard InChI is InChI=1S/C21H24FNO4/c1-24-17-5-6-19(22)16(10-17)12-23(13-18-3-2-8-25-18)11-15-4-7-20-21(9-15)27-14-26-20/h4-7,9-10,18H,2-3,8,11-14H2,1H3. The lowest BCUT2D eigenvalue weighted by Crippen LogP contribution is -2.31. The quantitative estimate of drug-likeness (QED) is 0.739. The van der Waals surface area contributed by atoms with Crippen LogP contribution in [0.3, 0.4) is 0 Å². The van der Waals surface area contributed by atoms with Gasteiger partial charge in [0.1, 0.15) is 11.6 Å². The molecule has 0 N–H and O–H groups in total. The van der Waals surface area contributed by atoms with Crippen LogP contribution in [0, 0.1) is 5.82 Å². The number of rotatable bonds is 7. The van der Waals surface area contributed by atoms with Crippen LogP contribution in [0.25, 0.3) is 0 Å². The monoisotopic (exact) mass is 373 g/mol. The van der Waals surface area contributed by atoms with E-state index in [0.717, 1.165) is 43.1 Å². The number of hydrogen-bond acceptors (Lipinski definition) is 5. The number of fused-ring (bicyclic) bond motifs is 1. The van der Waals surface area contributed by atoms with Gasteiger partial charge in [0.2, 0.25) is 6.79 Å². The highest BCUT2D eigenvalue weighted by molar-refractivity contribution is 5.44. The molecule has 0 bridgehead atoms. The van der Waals surface area contributed by atoms with E-state index in [9.17, 15) is 4.39 Å². The fourth-order valence-electron chi connectivity index (χ4n) is 3.60. The molecular formula is C21H24FNO4. The zero-order valence-electron chi connectivity index (χ0n) is 15.4. The zero-order valence-corrected chi connectivity index (χ0v) is 15.4. The number of halogens is 1. The summed E-state index contributed by atoms with van der Waals surface area (Å²) in [6, 6.07) is 10.8. The zero-order chi connectivity index (χ0) is 18.6. The summed E-state index contributed by atoms with van der Waals surface area (Å²) < 4.78 is 36.3. The van der Waals surface area contributed by atoms with Crippen LogP contribution < -0.4 is 14.2 Å². The minimum atomic E-state index is -0.223. The van der Waals surface area contributed by atoms with Gasteiger partial charge in [-0.2, -0.15) is 0 Å². The van der Waals surface area contributed by atoms with Crippen LogP contribution in [-0.4, -0.2) is 38.1 Å². The van der Waals surface area contributed by atoms with E-state index >= 15 is 0 Å². The molecule has 0 saturated carbocycles. The van der Waals surface area contributed by atoms with Gasteiger partial charge in [0.05, 0.1) is 13.2 Å². The Balaban J connectivity index is 1.53. The van der Waals surface area contributed by atoms with E-state index in [1.54, 1.807) is 19.2 Å². The highest BCUT2D eigenvalue weighted by atomic mass is 19.1. The Morgan fingerprint density at radius 1 is 1.11 bits per heavy atom. The van der Waals surface area contributed by atoms with Gasteiger partial charge in [-0.15, -0.1) is 0 Å². The molecular weight excluding hydrogens is 349 g/mol. The van der Waals surface area contributed by atoms with E-state index in [2.05, 4.69) is 4.90 Å². The lowest BCUT2D eigenvalue weighted by atomic mass is 10.1. The van der Waals surface area contributed by atoms with E-state index in [1.807, 2.05) is 18.2 Å². The van der Waals surface area contributed by atoms with E-state index in [4.69, 9.17) is 18.9 Å². The molecule has 2 aromatic rings. The second-order valence-corrected chi connectivity index (χ2v) is 6.95. The SMILES string of the molecule is COc1ccc(F)c(CN(Cc2ccc3c(c2)OCO3)CC2CCCO2)c1. The summed E-state index contributed by atoms with van der Waals surface area (Å²) in [7, 11) is 1.59. The maximum Gasteiger partial charge on any atom is 0.231 e. The van der Waals surface area contributed by atoms with Crippen LogP contribution >= 0.6 is 0 Å². The van der Waals surface area contributed by atoms with Crippen LogP contribution in [0.2, 0.25) is 0 Å². The van der Waals surface area contributed by atoms with Crippen LogP contribution in [0.4, 0.5) is 4.39 Å². The molecule has 4 rings (SSSR count). The van der Waals surface area contributed by atoms with Crippen LogP contribution in [-0.2, 0) is 17.8 Å². The predicted molar refractivity (Wildman–Crippen MR) is 98.6 cm³/mol. The fourth-order valence-corrected chi connectivity index (χ4v) is 3.60. The number of methoxy groups -OCH3 is 1. The first-order chi connectivity index (χ1) is 13.2. The molecule has 0 radical (unpaired) electrons. The molecule has 0 amide bonds. The van der Waals surface area contributed by atoms with Crippen LogP contribution in [0.1, 0.15) is 24.0 Å². The first-order valence-corrected chi connectivity index (χ1v) is 9.26. The van der Waals surface area contributed by atoms with Gasteiger partial charge in [0, 0.05) is 31.8 Å². The number of nitrogens with zero attached hydrogens (tertiary/aromatic N) is 1. The Labute approximate surface area is 158 Å². The third-order valence-corrected chi connectivity index (χ3v) is 4.98. The van der Waals surface area contributed by atoms with Gasteiger partial charge in [-0.05, 0) is 48.7 Å². The first-order valence-electron chi connectivity index (χ1n) is 9.26. The lowest BCUT2D eigenvalue weighted by Gasteiger charge is -2.26. The molecule has 5 nitrogen and oxygen atoms in total. The van der Waals surface area contributed by atoms with Crippen molar-refractivity contribution in [1.82, 2.24) is 4.90 Å². The van der Waals surface area contributed by atoms with Gasteiger partial charge >= 0.3 is 0 Å². The van der Waals surface area contributed by atoms with E-state index in [0.29, 0.717) is 24.4 Å².